The molecule has 0 spiro atoms. The number of guanidine groups is 1. The molecule has 1 aromatic carbocycles. The van der Waals surface area contributed by atoms with Gasteiger partial charge in [-0.15, -0.1) is 10.2 Å². The van der Waals surface area contributed by atoms with Gasteiger partial charge in [-0.25, -0.2) is 0 Å². The predicted octanol–water partition coefficient (Wildman–Crippen LogP) is 3.39. The molecule has 1 aromatic heterocycles. The van der Waals surface area contributed by atoms with Gasteiger partial charge in [0.15, 0.2) is 5.96 Å². The van der Waals surface area contributed by atoms with Crippen LogP contribution in [0.5, 0.6) is 0 Å². The molecule has 0 saturated heterocycles. The highest BCUT2D eigenvalue weighted by Crippen LogP contribution is 2.19. The standard InChI is InChI=1S/C21H32N6/c1-4-20-26-23-15-27(20)14-13-22-21(25-18-10-6-7-11-18)24-17(3)19-12-8-5-9-16(19)2/h5,8-9,12,15,17-18H,4,6-7,10-11,13-14H2,1-3H3,(H2,22,24,25). The minimum atomic E-state index is 0.208. The number of hydrogen-bond donors (Lipinski definition) is 2. The Labute approximate surface area is 162 Å². The van der Waals surface area contributed by atoms with Crippen LogP contribution in [0, 0.1) is 6.92 Å². The summed E-state index contributed by atoms with van der Waals surface area (Å²) in [6, 6.07) is 9.26. The van der Waals surface area contributed by atoms with Crippen LogP contribution >= 0.6 is 0 Å². The Kier molecular flexibility index (Phi) is 6.85. The highest BCUT2D eigenvalue weighted by molar-refractivity contribution is 5.80. The molecule has 0 aliphatic heterocycles. The maximum absolute atomic E-state index is 4.85. The zero-order valence-electron chi connectivity index (χ0n) is 16.8. The molecule has 1 aliphatic carbocycles. The molecule has 1 heterocycles. The number of benzene rings is 1. The van der Waals surface area contributed by atoms with Crippen LogP contribution in [0.1, 0.15) is 62.5 Å². The summed E-state index contributed by atoms with van der Waals surface area (Å²) in [4.78, 5) is 4.85. The summed E-state index contributed by atoms with van der Waals surface area (Å²) < 4.78 is 2.08. The fourth-order valence-electron chi connectivity index (χ4n) is 3.76. The van der Waals surface area contributed by atoms with Gasteiger partial charge in [0, 0.05) is 19.0 Å². The Hall–Kier alpha value is -2.37. The Morgan fingerprint density at radius 2 is 2.07 bits per heavy atom. The second kappa shape index (κ2) is 9.53. The van der Waals surface area contributed by atoms with E-state index in [1.807, 2.05) is 0 Å². The number of rotatable bonds is 7. The van der Waals surface area contributed by atoms with Crippen LogP contribution in [0.15, 0.2) is 35.6 Å². The fourth-order valence-corrected chi connectivity index (χ4v) is 3.76. The van der Waals surface area contributed by atoms with Crippen molar-refractivity contribution in [1.29, 1.82) is 0 Å². The third kappa shape index (κ3) is 5.31. The van der Waals surface area contributed by atoms with E-state index in [2.05, 4.69) is 70.4 Å². The lowest BCUT2D eigenvalue weighted by Crippen LogP contribution is -2.43. The van der Waals surface area contributed by atoms with Gasteiger partial charge in [-0.1, -0.05) is 44.0 Å². The molecule has 0 radical (unpaired) electrons. The SMILES string of the molecule is CCc1nncn1CCN=C(NC1CCCC1)NC(C)c1ccccc1C. The van der Waals surface area contributed by atoms with Crippen LogP contribution in [0.2, 0.25) is 0 Å². The maximum atomic E-state index is 4.85. The Morgan fingerprint density at radius 3 is 2.81 bits per heavy atom. The summed E-state index contributed by atoms with van der Waals surface area (Å²) in [5, 5.41) is 15.4. The van der Waals surface area contributed by atoms with Crippen molar-refractivity contribution in [2.24, 2.45) is 4.99 Å². The Balaban J connectivity index is 1.67. The van der Waals surface area contributed by atoms with E-state index in [9.17, 15) is 0 Å². The second-order valence-corrected chi connectivity index (χ2v) is 7.37. The summed E-state index contributed by atoms with van der Waals surface area (Å²) in [5.74, 6) is 1.92. The molecule has 0 bridgehead atoms. The van der Waals surface area contributed by atoms with Crippen molar-refractivity contribution in [3.8, 4) is 0 Å². The van der Waals surface area contributed by atoms with E-state index in [-0.39, 0.29) is 6.04 Å². The molecule has 27 heavy (non-hydrogen) atoms. The smallest absolute Gasteiger partial charge is 0.192 e. The van der Waals surface area contributed by atoms with Gasteiger partial charge in [0.2, 0.25) is 0 Å². The van der Waals surface area contributed by atoms with E-state index in [1.54, 1.807) is 6.33 Å². The van der Waals surface area contributed by atoms with Gasteiger partial charge >= 0.3 is 0 Å². The van der Waals surface area contributed by atoms with Crippen molar-refractivity contribution in [2.75, 3.05) is 6.54 Å². The monoisotopic (exact) mass is 368 g/mol. The van der Waals surface area contributed by atoms with Gasteiger partial charge in [-0.3, -0.25) is 4.99 Å². The van der Waals surface area contributed by atoms with Crippen LogP contribution < -0.4 is 10.6 Å². The third-order valence-electron chi connectivity index (χ3n) is 5.33. The number of nitrogens with one attached hydrogen (secondary N) is 2. The lowest BCUT2D eigenvalue weighted by atomic mass is 10.0. The fraction of sp³-hybridized carbons (Fsp3) is 0.571. The molecule has 1 atom stereocenters. The van der Waals surface area contributed by atoms with E-state index in [1.165, 1.54) is 36.8 Å². The molecule has 1 aliphatic rings. The van der Waals surface area contributed by atoms with Crippen molar-refractivity contribution < 1.29 is 0 Å². The predicted molar refractivity (Wildman–Crippen MR) is 110 cm³/mol. The first-order valence-electron chi connectivity index (χ1n) is 10.2. The molecule has 3 rings (SSSR count). The number of aromatic nitrogens is 3. The lowest BCUT2D eigenvalue weighted by Gasteiger charge is -2.22. The molecule has 2 N–H and O–H groups in total. The van der Waals surface area contributed by atoms with Crippen LogP contribution in [0.4, 0.5) is 0 Å². The van der Waals surface area contributed by atoms with Crippen LogP contribution in [0.25, 0.3) is 0 Å². The quantitative estimate of drug-likeness (QED) is 0.581. The largest absolute Gasteiger partial charge is 0.354 e. The van der Waals surface area contributed by atoms with E-state index >= 15 is 0 Å². The molecule has 1 saturated carbocycles. The summed E-state index contributed by atoms with van der Waals surface area (Å²) in [5.41, 5.74) is 2.61. The summed E-state index contributed by atoms with van der Waals surface area (Å²) in [6.45, 7) is 7.96. The minimum absolute atomic E-state index is 0.208. The molecule has 6 heteroatoms. The van der Waals surface area contributed by atoms with Crippen LogP contribution in [-0.2, 0) is 13.0 Å². The molecular formula is C21H32N6. The second-order valence-electron chi connectivity index (χ2n) is 7.37. The molecule has 1 fully saturated rings. The highest BCUT2D eigenvalue weighted by Gasteiger charge is 2.18. The van der Waals surface area contributed by atoms with Gasteiger partial charge in [0.25, 0.3) is 0 Å². The summed E-state index contributed by atoms with van der Waals surface area (Å²) in [6.07, 6.45) is 7.74. The number of aliphatic imine (C=N–C) groups is 1. The first-order chi connectivity index (χ1) is 13.2. The average Bonchev–Trinajstić information content (AvgIpc) is 3.33. The van der Waals surface area contributed by atoms with Gasteiger partial charge < -0.3 is 15.2 Å². The molecule has 0 amide bonds. The molecule has 2 aromatic rings. The minimum Gasteiger partial charge on any atom is -0.354 e. The van der Waals surface area contributed by atoms with E-state index in [4.69, 9.17) is 4.99 Å². The Bertz CT molecular complexity index is 745. The average molecular weight is 369 g/mol. The van der Waals surface area contributed by atoms with Crippen molar-refractivity contribution in [1.82, 2.24) is 25.4 Å². The van der Waals surface area contributed by atoms with Gasteiger partial charge in [-0.2, -0.15) is 0 Å². The van der Waals surface area contributed by atoms with E-state index < -0.39 is 0 Å². The first kappa shape index (κ1) is 19.4. The zero-order valence-corrected chi connectivity index (χ0v) is 16.8. The normalized spacial score (nSPS) is 16.5. The molecule has 6 nitrogen and oxygen atoms in total. The molecule has 146 valence electrons. The lowest BCUT2D eigenvalue weighted by molar-refractivity contribution is 0.588. The van der Waals surface area contributed by atoms with Gasteiger partial charge in [0.05, 0.1) is 12.6 Å². The molecular weight excluding hydrogens is 336 g/mol. The Morgan fingerprint density at radius 1 is 1.30 bits per heavy atom. The molecule has 1 unspecified atom stereocenters. The van der Waals surface area contributed by atoms with E-state index in [0.717, 1.165) is 24.7 Å². The summed E-state index contributed by atoms with van der Waals surface area (Å²) in [7, 11) is 0. The summed E-state index contributed by atoms with van der Waals surface area (Å²) >= 11 is 0. The van der Waals surface area contributed by atoms with Crippen LogP contribution in [0.3, 0.4) is 0 Å². The van der Waals surface area contributed by atoms with Crippen molar-refractivity contribution >= 4 is 5.96 Å². The number of hydrogen-bond acceptors (Lipinski definition) is 3. The number of aryl methyl sites for hydroxylation is 2. The number of nitrogens with zero attached hydrogens (tertiary/aromatic N) is 4. The maximum Gasteiger partial charge on any atom is 0.192 e. The van der Waals surface area contributed by atoms with Gasteiger partial charge in [-0.05, 0) is 37.8 Å². The van der Waals surface area contributed by atoms with Crippen LogP contribution in [-0.4, -0.2) is 33.3 Å². The zero-order chi connectivity index (χ0) is 19.1. The highest BCUT2D eigenvalue weighted by atomic mass is 15.3. The van der Waals surface area contributed by atoms with E-state index in [0.29, 0.717) is 12.6 Å². The van der Waals surface area contributed by atoms with Crippen molar-refractivity contribution in [2.45, 2.75) is 71.5 Å². The van der Waals surface area contributed by atoms with Gasteiger partial charge in [0.1, 0.15) is 12.2 Å². The van der Waals surface area contributed by atoms with Crippen molar-refractivity contribution in [3.05, 3.63) is 47.5 Å². The first-order valence-corrected chi connectivity index (χ1v) is 10.2. The third-order valence-corrected chi connectivity index (χ3v) is 5.33. The van der Waals surface area contributed by atoms with Crippen molar-refractivity contribution in [3.63, 3.8) is 0 Å². The topological polar surface area (TPSA) is 67.1 Å².